The summed E-state index contributed by atoms with van der Waals surface area (Å²) in [6, 6.07) is 0. The number of hydrogen-bond donors (Lipinski definition) is 0. The summed E-state index contributed by atoms with van der Waals surface area (Å²) >= 11 is 0. The van der Waals surface area contributed by atoms with Gasteiger partial charge < -0.3 is 0 Å². The molecule has 12 heavy (non-hydrogen) atoms. The summed E-state index contributed by atoms with van der Waals surface area (Å²) in [4.78, 5) is 0. The van der Waals surface area contributed by atoms with E-state index in [2.05, 4.69) is 0 Å². The molecular formula is C6H11F3O2S. The summed E-state index contributed by atoms with van der Waals surface area (Å²) < 4.78 is 55.6. The van der Waals surface area contributed by atoms with Gasteiger partial charge in [-0.25, -0.2) is 8.42 Å². The molecule has 0 spiro atoms. The maximum atomic E-state index is 11.9. The summed E-state index contributed by atoms with van der Waals surface area (Å²) in [5.41, 5.74) is -5.15. The number of rotatable bonds is 2. The molecule has 0 unspecified atom stereocenters. The predicted molar refractivity (Wildman–Crippen MR) is 39.3 cm³/mol. The first-order valence-electron chi connectivity index (χ1n) is 3.37. The zero-order valence-corrected chi connectivity index (χ0v) is 7.88. The van der Waals surface area contributed by atoms with Crippen LogP contribution in [0.25, 0.3) is 0 Å². The maximum Gasteiger partial charge on any atom is 0.497 e. The molecule has 0 aromatic carbocycles. The molecule has 0 amide bonds. The summed E-state index contributed by atoms with van der Waals surface area (Å²) in [6.45, 7) is 3.54. The van der Waals surface area contributed by atoms with Crippen LogP contribution in [0.4, 0.5) is 13.2 Å². The third-order valence-electron chi connectivity index (χ3n) is 1.88. The van der Waals surface area contributed by atoms with Gasteiger partial charge in [-0.3, -0.25) is 0 Å². The molecule has 0 aliphatic carbocycles. The molecule has 0 bridgehead atoms. The SMILES string of the molecule is CCC(C)(C)S(=O)(=O)C(F)(F)F. The van der Waals surface area contributed by atoms with Crippen LogP contribution in [0.5, 0.6) is 0 Å². The molecule has 0 heterocycles. The molecule has 0 rings (SSSR count). The minimum Gasteiger partial charge on any atom is -0.219 e. The predicted octanol–water partition coefficient (Wildman–Crippen LogP) is 2.11. The lowest BCUT2D eigenvalue weighted by atomic mass is 10.1. The highest BCUT2D eigenvalue weighted by molar-refractivity contribution is 7.93. The first-order chi connectivity index (χ1) is 5.06. The van der Waals surface area contributed by atoms with Crippen LogP contribution in [-0.2, 0) is 9.84 Å². The van der Waals surface area contributed by atoms with Crippen molar-refractivity contribution in [1.29, 1.82) is 0 Å². The van der Waals surface area contributed by atoms with Gasteiger partial charge in [0, 0.05) is 0 Å². The van der Waals surface area contributed by atoms with Crippen LogP contribution in [0.3, 0.4) is 0 Å². The fraction of sp³-hybridized carbons (Fsp3) is 1.00. The first-order valence-corrected chi connectivity index (χ1v) is 4.85. The number of sulfone groups is 1. The van der Waals surface area contributed by atoms with Gasteiger partial charge in [0.15, 0.2) is 0 Å². The molecule has 6 heteroatoms. The molecule has 0 saturated carbocycles. The second-order valence-corrected chi connectivity index (χ2v) is 5.64. The molecular weight excluding hydrogens is 193 g/mol. The van der Waals surface area contributed by atoms with Crippen molar-refractivity contribution in [3.63, 3.8) is 0 Å². The Morgan fingerprint density at radius 1 is 1.17 bits per heavy atom. The minimum atomic E-state index is -5.15. The van der Waals surface area contributed by atoms with Crippen LogP contribution in [0.1, 0.15) is 27.2 Å². The van der Waals surface area contributed by atoms with E-state index in [-0.39, 0.29) is 6.42 Å². The van der Waals surface area contributed by atoms with Crippen LogP contribution in [-0.4, -0.2) is 18.7 Å². The van der Waals surface area contributed by atoms with Crippen LogP contribution in [0, 0.1) is 0 Å². The van der Waals surface area contributed by atoms with Crippen LogP contribution in [0.2, 0.25) is 0 Å². The van der Waals surface area contributed by atoms with Crippen molar-refractivity contribution in [2.75, 3.05) is 0 Å². The number of halogens is 3. The quantitative estimate of drug-likeness (QED) is 0.690. The Balaban J connectivity index is 5.16. The Morgan fingerprint density at radius 2 is 1.50 bits per heavy atom. The Kier molecular flexibility index (Phi) is 2.84. The summed E-state index contributed by atoms with van der Waals surface area (Å²) in [6.07, 6.45) is -0.0607. The van der Waals surface area contributed by atoms with Crippen molar-refractivity contribution in [2.24, 2.45) is 0 Å². The highest BCUT2D eigenvalue weighted by Crippen LogP contribution is 2.34. The molecule has 0 fully saturated rings. The van der Waals surface area contributed by atoms with Crippen molar-refractivity contribution in [1.82, 2.24) is 0 Å². The molecule has 0 aromatic rings. The van der Waals surface area contributed by atoms with Crippen molar-refractivity contribution in [3.8, 4) is 0 Å². The second kappa shape index (κ2) is 2.90. The molecule has 0 saturated heterocycles. The zero-order valence-electron chi connectivity index (χ0n) is 7.07. The molecule has 2 nitrogen and oxygen atoms in total. The molecule has 0 aromatic heterocycles. The lowest BCUT2D eigenvalue weighted by molar-refractivity contribution is -0.0456. The minimum absolute atomic E-state index is 0.0607. The molecule has 0 atom stereocenters. The fourth-order valence-corrected chi connectivity index (χ4v) is 1.51. The average Bonchev–Trinajstić information content (AvgIpc) is 1.85. The van der Waals surface area contributed by atoms with Gasteiger partial charge in [0.2, 0.25) is 0 Å². The molecule has 0 radical (unpaired) electrons. The van der Waals surface area contributed by atoms with Gasteiger partial charge in [-0.2, -0.15) is 13.2 Å². The Morgan fingerprint density at radius 3 is 1.58 bits per heavy atom. The largest absolute Gasteiger partial charge is 0.497 e. The van der Waals surface area contributed by atoms with Crippen molar-refractivity contribution in [2.45, 2.75) is 37.4 Å². The summed E-state index contributed by atoms with van der Waals surface area (Å²) in [5.74, 6) is 0. The average molecular weight is 204 g/mol. The van der Waals surface area contributed by atoms with Gasteiger partial charge in [0.25, 0.3) is 9.84 Å². The number of alkyl halides is 3. The third kappa shape index (κ3) is 1.73. The van der Waals surface area contributed by atoms with Gasteiger partial charge in [-0.05, 0) is 20.3 Å². The van der Waals surface area contributed by atoms with Crippen molar-refractivity contribution < 1.29 is 21.6 Å². The van der Waals surface area contributed by atoms with Gasteiger partial charge >= 0.3 is 5.51 Å². The monoisotopic (exact) mass is 204 g/mol. The van der Waals surface area contributed by atoms with Crippen molar-refractivity contribution in [3.05, 3.63) is 0 Å². The van der Waals surface area contributed by atoms with E-state index in [1.165, 1.54) is 6.92 Å². The molecule has 74 valence electrons. The highest BCUT2D eigenvalue weighted by atomic mass is 32.2. The van der Waals surface area contributed by atoms with E-state index in [4.69, 9.17) is 0 Å². The van der Waals surface area contributed by atoms with E-state index >= 15 is 0 Å². The van der Waals surface area contributed by atoms with E-state index in [1.54, 1.807) is 0 Å². The maximum absolute atomic E-state index is 11.9. The smallest absolute Gasteiger partial charge is 0.219 e. The normalized spacial score (nSPS) is 14.8. The van der Waals surface area contributed by atoms with Gasteiger partial charge in [0.1, 0.15) is 0 Å². The van der Waals surface area contributed by atoms with Gasteiger partial charge in [-0.1, -0.05) is 6.92 Å². The second-order valence-electron chi connectivity index (χ2n) is 3.06. The Labute approximate surface area is 69.7 Å². The van der Waals surface area contributed by atoms with E-state index in [1.807, 2.05) is 0 Å². The standard InChI is InChI=1S/C6H11F3O2S/c1-4-5(2,3)12(10,11)6(7,8)9/h4H2,1-3H3. The molecule has 0 N–H and O–H groups in total. The van der Waals surface area contributed by atoms with Crippen LogP contribution in [0.15, 0.2) is 0 Å². The Bertz CT molecular complexity index is 250. The summed E-state index contributed by atoms with van der Waals surface area (Å²) in [5, 5.41) is 0. The topological polar surface area (TPSA) is 34.1 Å². The molecule has 0 aliphatic rings. The van der Waals surface area contributed by atoms with E-state index < -0.39 is 20.1 Å². The number of hydrogen-bond acceptors (Lipinski definition) is 2. The molecule has 0 aliphatic heterocycles. The van der Waals surface area contributed by atoms with E-state index in [9.17, 15) is 21.6 Å². The first kappa shape index (κ1) is 11.7. The van der Waals surface area contributed by atoms with Crippen molar-refractivity contribution >= 4 is 9.84 Å². The zero-order chi connectivity index (χ0) is 10.2. The third-order valence-corrected chi connectivity index (χ3v) is 4.24. The Hall–Kier alpha value is -0.260. The van der Waals surface area contributed by atoms with E-state index in [0.29, 0.717) is 0 Å². The lowest BCUT2D eigenvalue weighted by Crippen LogP contribution is -2.41. The fourth-order valence-electron chi connectivity index (χ4n) is 0.503. The summed E-state index contributed by atoms with van der Waals surface area (Å²) in [7, 11) is -5.03. The van der Waals surface area contributed by atoms with Crippen LogP contribution >= 0.6 is 0 Å². The lowest BCUT2D eigenvalue weighted by Gasteiger charge is -2.23. The van der Waals surface area contributed by atoms with Gasteiger partial charge in [0.05, 0.1) is 4.75 Å². The van der Waals surface area contributed by atoms with Crippen LogP contribution < -0.4 is 0 Å². The van der Waals surface area contributed by atoms with E-state index in [0.717, 1.165) is 13.8 Å². The van der Waals surface area contributed by atoms with Gasteiger partial charge in [-0.15, -0.1) is 0 Å². The highest BCUT2D eigenvalue weighted by Gasteiger charge is 2.53.